The molecule has 2 aromatic rings. The van der Waals surface area contributed by atoms with Crippen LogP contribution in [0.4, 0.5) is 10.1 Å². The molecule has 2 rings (SSSR count). The lowest BCUT2D eigenvalue weighted by Gasteiger charge is -2.17. The molecule has 0 spiro atoms. The van der Waals surface area contributed by atoms with Gasteiger partial charge in [0.25, 0.3) is 0 Å². The Morgan fingerprint density at radius 1 is 0.895 bits per heavy atom. The molecule has 2 heteroatoms. The lowest BCUT2D eigenvalue weighted by atomic mass is 10.0. The van der Waals surface area contributed by atoms with Gasteiger partial charge >= 0.3 is 0 Å². The molecule has 0 aliphatic carbocycles. The number of hydrogen-bond acceptors (Lipinski definition) is 1. The van der Waals surface area contributed by atoms with E-state index in [4.69, 9.17) is 0 Å². The molecule has 0 saturated carbocycles. The van der Waals surface area contributed by atoms with Crippen LogP contribution >= 0.6 is 0 Å². The molecule has 1 nitrogen and oxygen atoms in total. The van der Waals surface area contributed by atoms with Gasteiger partial charge in [-0.3, -0.25) is 0 Å². The predicted molar refractivity (Wildman–Crippen MR) is 79.1 cm³/mol. The third-order valence-electron chi connectivity index (χ3n) is 3.57. The van der Waals surface area contributed by atoms with E-state index in [0.717, 1.165) is 5.69 Å². The maximum absolute atomic E-state index is 13.2. The van der Waals surface area contributed by atoms with E-state index in [-0.39, 0.29) is 11.9 Å². The summed E-state index contributed by atoms with van der Waals surface area (Å²) in [4.78, 5) is 0. The first-order valence-electron chi connectivity index (χ1n) is 6.57. The van der Waals surface area contributed by atoms with Crippen molar-refractivity contribution in [3.8, 4) is 0 Å². The molecule has 0 aromatic heterocycles. The largest absolute Gasteiger partial charge is 0.379 e. The number of nitrogens with one attached hydrogen (secondary N) is 1. The van der Waals surface area contributed by atoms with Crippen molar-refractivity contribution in [2.75, 3.05) is 5.32 Å². The molecule has 0 amide bonds. The second-order valence-corrected chi connectivity index (χ2v) is 5.17. The van der Waals surface area contributed by atoms with E-state index in [9.17, 15) is 4.39 Å². The fourth-order valence-corrected chi connectivity index (χ4v) is 2.10. The summed E-state index contributed by atoms with van der Waals surface area (Å²) in [6, 6.07) is 11.8. The summed E-state index contributed by atoms with van der Waals surface area (Å²) in [7, 11) is 0. The summed E-state index contributed by atoms with van der Waals surface area (Å²) in [5, 5.41) is 3.41. The maximum Gasteiger partial charge on any atom is 0.126 e. The number of benzene rings is 2. The highest BCUT2D eigenvalue weighted by Gasteiger charge is 2.07. The third-order valence-corrected chi connectivity index (χ3v) is 3.57. The molecule has 1 unspecified atom stereocenters. The van der Waals surface area contributed by atoms with Crippen molar-refractivity contribution in [3.05, 3.63) is 64.5 Å². The molecule has 1 atom stereocenters. The Kier molecular flexibility index (Phi) is 3.89. The van der Waals surface area contributed by atoms with Gasteiger partial charge in [0, 0.05) is 11.7 Å². The molecule has 100 valence electrons. The Labute approximate surface area is 114 Å². The molecule has 0 aliphatic rings. The van der Waals surface area contributed by atoms with Gasteiger partial charge in [-0.2, -0.15) is 0 Å². The van der Waals surface area contributed by atoms with Crippen molar-refractivity contribution in [3.63, 3.8) is 0 Å². The summed E-state index contributed by atoms with van der Waals surface area (Å²) < 4.78 is 13.2. The number of aryl methyl sites for hydroxylation is 3. The van der Waals surface area contributed by atoms with Gasteiger partial charge in [0.05, 0.1) is 0 Å². The van der Waals surface area contributed by atoms with E-state index in [2.05, 4.69) is 44.3 Å². The van der Waals surface area contributed by atoms with E-state index in [1.807, 2.05) is 6.07 Å². The van der Waals surface area contributed by atoms with E-state index >= 15 is 0 Å². The van der Waals surface area contributed by atoms with Crippen molar-refractivity contribution >= 4 is 5.69 Å². The average molecular weight is 257 g/mol. The Hall–Kier alpha value is -1.83. The molecule has 1 N–H and O–H groups in total. The van der Waals surface area contributed by atoms with Crippen LogP contribution in [-0.4, -0.2) is 0 Å². The highest BCUT2D eigenvalue weighted by atomic mass is 19.1. The number of rotatable bonds is 3. The fraction of sp³-hybridized carbons (Fsp3) is 0.294. The average Bonchev–Trinajstić information content (AvgIpc) is 2.37. The SMILES string of the molecule is Cc1ccc(C(C)Nc2ccc(F)c(C)c2)cc1C. The minimum Gasteiger partial charge on any atom is -0.379 e. The zero-order chi connectivity index (χ0) is 14.0. The van der Waals surface area contributed by atoms with Gasteiger partial charge in [0.15, 0.2) is 0 Å². The van der Waals surface area contributed by atoms with Crippen LogP contribution in [0.1, 0.15) is 35.2 Å². The van der Waals surface area contributed by atoms with Gasteiger partial charge in [0.2, 0.25) is 0 Å². The minimum absolute atomic E-state index is 0.163. The Morgan fingerprint density at radius 3 is 2.26 bits per heavy atom. The molecule has 0 heterocycles. The van der Waals surface area contributed by atoms with Crippen LogP contribution in [0.3, 0.4) is 0 Å². The molecule has 0 fully saturated rings. The van der Waals surface area contributed by atoms with Gasteiger partial charge in [-0.25, -0.2) is 4.39 Å². The number of hydrogen-bond donors (Lipinski definition) is 1. The monoisotopic (exact) mass is 257 g/mol. The lowest BCUT2D eigenvalue weighted by Crippen LogP contribution is -2.07. The summed E-state index contributed by atoms with van der Waals surface area (Å²) >= 11 is 0. The van der Waals surface area contributed by atoms with Crippen LogP contribution in [0.25, 0.3) is 0 Å². The van der Waals surface area contributed by atoms with Crippen LogP contribution in [0.15, 0.2) is 36.4 Å². The van der Waals surface area contributed by atoms with Crippen molar-refractivity contribution in [2.45, 2.75) is 33.7 Å². The van der Waals surface area contributed by atoms with Crippen LogP contribution in [0.5, 0.6) is 0 Å². The molecule has 19 heavy (non-hydrogen) atoms. The van der Waals surface area contributed by atoms with Crippen LogP contribution in [0.2, 0.25) is 0 Å². The fourth-order valence-electron chi connectivity index (χ4n) is 2.10. The molecule has 0 bridgehead atoms. The van der Waals surface area contributed by atoms with Gasteiger partial charge in [0.1, 0.15) is 5.82 Å². The standard InChI is InChI=1S/C17H20FN/c1-11-5-6-15(9-12(11)2)14(4)19-16-7-8-17(18)13(3)10-16/h5-10,14,19H,1-4H3. The van der Waals surface area contributed by atoms with Crippen LogP contribution in [0, 0.1) is 26.6 Å². The Balaban J connectivity index is 2.17. The number of anilines is 1. The van der Waals surface area contributed by atoms with Crippen molar-refractivity contribution in [2.24, 2.45) is 0 Å². The van der Waals surface area contributed by atoms with Crippen LogP contribution < -0.4 is 5.32 Å². The predicted octanol–water partition coefficient (Wildman–Crippen LogP) is 4.92. The first-order chi connectivity index (χ1) is 8.97. The molecule has 0 radical (unpaired) electrons. The summed E-state index contributed by atoms with van der Waals surface area (Å²) in [6.45, 7) is 8.12. The zero-order valence-corrected chi connectivity index (χ0v) is 11.9. The van der Waals surface area contributed by atoms with Gasteiger partial charge < -0.3 is 5.32 Å². The highest BCUT2D eigenvalue weighted by molar-refractivity contribution is 5.48. The van der Waals surface area contributed by atoms with Crippen molar-refractivity contribution in [1.82, 2.24) is 0 Å². The summed E-state index contributed by atoms with van der Waals surface area (Å²) in [5.74, 6) is -0.163. The Morgan fingerprint density at radius 2 is 1.63 bits per heavy atom. The quantitative estimate of drug-likeness (QED) is 0.822. The Bertz CT molecular complexity index is 590. The van der Waals surface area contributed by atoms with E-state index in [1.54, 1.807) is 13.0 Å². The maximum atomic E-state index is 13.2. The topological polar surface area (TPSA) is 12.0 Å². The van der Waals surface area contributed by atoms with E-state index in [1.165, 1.54) is 22.8 Å². The smallest absolute Gasteiger partial charge is 0.126 e. The molecule has 2 aromatic carbocycles. The van der Waals surface area contributed by atoms with Crippen LogP contribution in [-0.2, 0) is 0 Å². The van der Waals surface area contributed by atoms with E-state index in [0.29, 0.717) is 5.56 Å². The lowest BCUT2D eigenvalue weighted by molar-refractivity contribution is 0.618. The third kappa shape index (κ3) is 3.14. The molecule has 0 saturated heterocycles. The van der Waals surface area contributed by atoms with E-state index < -0.39 is 0 Å². The van der Waals surface area contributed by atoms with Crippen molar-refractivity contribution in [1.29, 1.82) is 0 Å². The second-order valence-electron chi connectivity index (χ2n) is 5.17. The van der Waals surface area contributed by atoms with Gasteiger partial charge in [-0.1, -0.05) is 18.2 Å². The molecular weight excluding hydrogens is 237 g/mol. The summed E-state index contributed by atoms with van der Waals surface area (Å²) in [6.07, 6.45) is 0. The first kappa shape index (κ1) is 13.6. The summed E-state index contributed by atoms with van der Waals surface area (Å²) in [5.41, 5.74) is 5.45. The van der Waals surface area contributed by atoms with Gasteiger partial charge in [-0.05, 0) is 68.1 Å². The molecular formula is C17H20FN. The normalized spacial score (nSPS) is 12.3. The molecule has 0 aliphatic heterocycles. The van der Waals surface area contributed by atoms with Crippen molar-refractivity contribution < 1.29 is 4.39 Å². The zero-order valence-electron chi connectivity index (χ0n) is 11.9. The first-order valence-corrected chi connectivity index (χ1v) is 6.57. The second kappa shape index (κ2) is 5.43. The minimum atomic E-state index is -0.163. The number of halogens is 1. The van der Waals surface area contributed by atoms with Gasteiger partial charge in [-0.15, -0.1) is 0 Å². The highest BCUT2D eigenvalue weighted by Crippen LogP contribution is 2.22.